The normalized spacial score (nSPS) is 32.9. The van der Waals surface area contributed by atoms with E-state index < -0.39 is 34.4 Å². The number of amides is 3. The van der Waals surface area contributed by atoms with Crippen molar-refractivity contribution in [3.05, 3.63) is 0 Å². The monoisotopic (exact) mass is 451 g/mol. The van der Waals surface area contributed by atoms with Gasteiger partial charge in [0, 0.05) is 43.3 Å². The van der Waals surface area contributed by atoms with Gasteiger partial charge >= 0.3 is 16.4 Å². The highest BCUT2D eigenvalue weighted by Crippen LogP contribution is 2.30. The van der Waals surface area contributed by atoms with E-state index in [2.05, 4.69) is 20.0 Å². The summed E-state index contributed by atoms with van der Waals surface area (Å²) in [5.41, 5.74) is 2.41. The van der Waals surface area contributed by atoms with Crippen LogP contribution in [0.1, 0.15) is 19.3 Å². The largest absolute Gasteiger partial charge is 0.418 e. The number of nitrogens with one attached hydrogen (secondary N) is 2. The first-order chi connectivity index (χ1) is 13.8. The molecule has 0 saturated carbocycles. The van der Waals surface area contributed by atoms with Crippen LogP contribution in [0.3, 0.4) is 0 Å². The van der Waals surface area contributed by atoms with Gasteiger partial charge in [-0.1, -0.05) is 0 Å². The van der Waals surface area contributed by atoms with Gasteiger partial charge in [-0.25, -0.2) is 10.3 Å². The van der Waals surface area contributed by atoms with E-state index in [9.17, 15) is 18.0 Å². The van der Waals surface area contributed by atoms with E-state index >= 15 is 0 Å². The lowest BCUT2D eigenvalue weighted by molar-refractivity contribution is -0.139. The van der Waals surface area contributed by atoms with Crippen molar-refractivity contribution in [2.24, 2.45) is 0 Å². The molecule has 4 aliphatic rings. The average molecular weight is 452 g/mol. The number of urea groups is 1. The number of hydrogen-bond donors (Lipinski definition) is 3. The summed E-state index contributed by atoms with van der Waals surface area (Å²) >= 11 is 1.93. The fraction of sp³-hybridized carbons (Fsp3) is 0.867. The van der Waals surface area contributed by atoms with Crippen molar-refractivity contribution in [2.45, 2.75) is 43.4 Å². The molecule has 4 heterocycles. The number of hydroxylamine groups is 3. The second kappa shape index (κ2) is 8.53. The molecule has 14 heteroatoms. The van der Waals surface area contributed by atoms with Gasteiger partial charge in [0.2, 0.25) is 0 Å². The number of carbonyl (C=O) groups excluding carboxylic acids is 2. The molecule has 0 aromatic heterocycles. The lowest BCUT2D eigenvalue weighted by Crippen LogP contribution is -2.50. The Kier molecular flexibility index (Phi) is 6.20. The van der Waals surface area contributed by atoms with Crippen LogP contribution < -0.4 is 10.8 Å². The Morgan fingerprint density at radius 2 is 2.17 bits per heavy atom. The molecule has 4 rings (SSSR count). The van der Waals surface area contributed by atoms with Gasteiger partial charge in [0.25, 0.3) is 5.91 Å². The standard InChI is InChI=1S/C15H25N5O7S2/c21-14(17-26-8-10-5-12(6-16-10)18-3-4-28-9-18)13-2-1-11-7-19(13)15(22)20(11)27-29(23,24)25/h10-13,16H,1-9H2,(H,17,21)(H,23,24,25)/t10-,11?,12-,13?/m0/s1. The quantitative estimate of drug-likeness (QED) is 0.318. The van der Waals surface area contributed by atoms with E-state index in [4.69, 9.17) is 9.39 Å². The van der Waals surface area contributed by atoms with E-state index in [1.807, 2.05) is 11.8 Å². The summed E-state index contributed by atoms with van der Waals surface area (Å²) < 4.78 is 35.0. The van der Waals surface area contributed by atoms with E-state index in [1.54, 1.807) is 0 Å². The Labute approximate surface area is 173 Å². The third-order valence-electron chi connectivity index (χ3n) is 5.75. The molecule has 2 unspecified atom stereocenters. The van der Waals surface area contributed by atoms with Gasteiger partial charge in [0.15, 0.2) is 0 Å². The molecule has 0 spiro atoms. The lowest BCUT2D eigenvalue weighted by atomic mass is 10.0. The summed E-state index contributed by atoms with van der Waals surface area (Å²) in [6.45, 7) is 2.47. The minimum Gasteiger partial charge on any atom is -0.310 e. The molecule has 4 aliphatic heterocycles. The number of piperidine rings is 1. The number of nitrogens with zero attached hydrogens (tertiary/aromatic N) is 3. The van der Waals surface area contributed by atoms with Crippen LogP contribution in [0.15, 0.2) is 0 Å². The molecule has 2 bridgehead atoms. The Balaban J connectivity index is 1.23. The van der Waals surface area contributed by atoms with Crippen LogP contribution in [0, 0.1) is 0 Å². The molecular formula is C15H25N5O7S2. The maximum Gasteiger partial charge on any atom is 0.418 e. The number of hydrogen-bond acceptors (Lipinski definition) is 9. The number of fused-ring (bicyclic) bond motifs is 2. The Bertz CT molecular complexity index is 747. The highest BCUT2D eigenvalue weighted by molar-refractivity contribution is 7.99. The fourth-order valence-corrected chi connectivity index (χ4v) is 5.76. The molecule has 3 N–H and O–H groups in total. The van der Waals surface area contributed by atoms with Gasteiger partial charge in [-0.15, -0.1) is 16.0 Å². The Morgan fingerprint density at radius 1 is 1.34 bits per heavy atom. The molecule has 164 valence electrons. The molecule has 0 radical (unpaired) electrons. The van der Waals surface area contributed by atoms with Crippen LogP contribution in [0.2, 0.25) is 0 Å². The molecule has 0 aliphatic carbocycles. The summed E-state index contributed by atoms with van der Waals surface area (Å²) in [5, 5.41) is 4.02. The highest BCUT2D eigenvalue weighted by Gasteiger charge is 2.49. The SMILES string of the molecule is O=C(NOC[C@@H]1C[C@H](N2CCSC2)CN1)C1CCC2CN1C(=O)N2OS(=O)(=O)O. The van der Waals surface area contributed by atoms with Crippen LogP contribution in [-0.2, 0) is 24.3 Å². The Morgan fingerprint density at radius 3 is 2.90 bits per heavy atom. The first kappa shape index (κ1) is 21.1. The molecule has 12 nitrogen and oxygen atoms in total. The molecule has 29 heavy (non-hydrogen) atoms. The van der Waals surface area contributed by atoms with E-state index in [1.165, 1.54) is 4.90 Å². The minimum absolute atomic E-state index is 0.145. The van der Waals surface area contributed by atoms with Crippen LogP contribution in [0.4, 0.5) is 4.79 Å². The van der Waals surface area contributed by atoms with Crippen molar-refractivity contribution in [3.8, 4) is 0 Å². The van der Waals surface area contributed by atoms with E-state index in [0.29, 0.717) is 30.6 Å². The maximum atomic E-state index is 12.5. The first-order valence-corrected chi connectivity index (χ1v) is 12.1. The minimum atomic E-state index is -4.81. The number of rotatable bonds is 7. The third-order valence-corrected chi connectivity index (χ3v) is 7.09. The zero-order valence-corrected chi connectivity index (χ0v) is 17.4. The van der Waals surface area contributed by atoms with Crippen LogP contribution >= 0.6 is 11.8 Å². The van der Waals surface area contributed by atoms with Crippen molar-refractivity contribution in [2.75, 3.05) is 37.9 Å². The zero-order valence-electron chi connectivity index (χ0n) is 15.7. The first-order valence-electron chi connectivity index (χ1n) is 9.55. The second-order valence-corrected chi connectivity index (χ2v) is 9.71. The topological polar surface area (TPSA) is 141 Å². The summed E-state index contributed by atoms with van der Waals surface area (Å²) in [4.78, 5) is 33.9. The number of carbonyl (C=O) groups is 2. The molecule has 3 amide bonds. The fourth-order valence-electron chi connectivity index (χ4n) is 4.30. The van der Waals surface area contributed by atoms with Crippen LogP contribution in [0.25, 0.3) is 0 Å². The smallest absolute Gasteiger partial charge is 0.310 e. The lowest BCUT2D eigenvalue weighted by Gasteiger charge is -2.29. The van der Waals surface area contributed by atoms with E-state index in [-0.39, 0.29) is 12.6 Å². The van der Waals surface area contributed by atoms with Crippen molar-refractivity contribution >= 4 is 34.1 Å². The van der Waals surface area contributed by atoms with Gasteiger partial charge in [-0.2, -0.15) is 13.5 Å². The van der Waals surface area contributed by atoms with Gasteiger partial charge in [0.05, 0.1) is 12.6 Å². The van der Waals surface area contributed by atoms with Crippen molar-refractivity contribution in [3.63, 3.8) is 0 Å². The van der Waals surface area contributed by atoms with E-state index in [0.717, 1.165) is 31.1 Å². The summed E-state index contributed by atoms with van der Waals surface area (Å²) in [5.74, 6) is 1.76. The van der Waals surface area contributed by atoms with Crippen molar-refractivity contribution in [1.29, 1.82) is 0 Å². The molecular weight excluding hydrogens is 426 g/mol. The molecule has 4 atom stereocenters. The van der Waals surface area contributed by atoms with Crippen molar-refractivity contribution < 1.29 is 31.7 Å². The van der Waals surface area contributed by atoms with Gasteiger partial charge in [-0.05, 0) is 19.3 Å². The second-order valence-electron chi connectivity index (χ2n) is 7.63. The molecule has 0 aromatic rings. The van der Waals surface area contributed by atoms with Gasteiger partial charge in [0.1, 0.15) is 6.04 Å². The van der Waals surface area contributed by atoms with Crippen LogP contribution in [-0.4, -0.2) is 102 Å². The molecule has 0 aromatic carbocycles. The zero-order chi connectivity index (χ0) is 20.6. The predicted molar refractivity (Wildman–Crippen MR) is 102 cm³/mol. The van der Waals surface area contributed by atoms with Crippen LogP contribution in [0.5, 0.6) is 0 Å². The highest BCUT2D eigenvalue weighted by atomic mass is 32.3. The summed E-state index contributed by atoms with van der Waals surface area (Å²) in [6, 6.07) is -1.44. The predicted octanol–water partition coefficient (Wildman–Crippen LogP) is -1.23. The van der Waals surface area contributed by atoms with Gasteiger partial charge in [-0.3, -0.25) is 19.1 Å². The molecule has 4 saturated heterocycles. The average Bonchev–Trinajstić information content (AvgIpc) is 3.39. The summed E-state index contributed by atoms with van der Waals surface area (Å²) in [6.07, 6.45) is 1.66. The maximum absolute atomic E-state index is 12.5. The summed E-state index contributed by atoms with van der Waals surface area (Å²) in [7, 11) is -4.81. The van der Waals surface area contributed by atoms with Gasteiger partial charge < -0.3 is 10.2 Å². The van der Waals surface area contributed by atoms with Crippen molar-refractivity contribution in [1.82, 2.24) is 25.7 Å². The third kappa shape index (κ3) is 4.78. The molecule has 4 fully saturated rings. The Hall–Kier alpha value is -1.16. The number of thioether (sulfide) groups is 1.